The maximum atomic E-state index is 12.3. The highest BCUT2D eigenvalue weighted by Crippen LogP contribution is 2.25. The molecule has 1 atom stereocenters. The normalized spacial score (nSPS) is 26.3. The van der Waals surface area contributed by atoms with Crippen LogP contribution in [0, 0.1) is 5.92 Å². The van der Waals surface area contributed by atoms with E-state index in [0.717, 1.165) is 0 Å². The van der Waals surface area contributed by atoms with Crippen molar-refractivity contribution in [1.82, 2.24) is 15.5 Å². The highest BCUT2D eigenvalue weighted by atomic mass is 19.4. The van der Waals surface area contributed by atoms with E-state index in [2.05, 4.69) is 10.6 Å². The Labute approximate surface area is 155 Å². The number of nitrogens with one attached hydrogen (secondary N) is 2. The number of likely N-dealkylation sites (tertiary alicyclic amines) is 1. The molecule has 1 saturated heterocycles. The van der Waals surface area contributed by atoms with Crippen molar-refractivity contribution >= 4 is 17.9 Å². The van der Waals surface area contributed by atoms with Crippen LogP contribution in [0.25, 0.3) is 0 Å². The van der Waals surface area contributed by atoms with Crippen LogP contribution < -0.4 is 10.6 Å². The van der Waals surface area contributed by atoms with Crippen LogP contribution in [0.2, 0.25) is 0 Å². The molecule has 0 aromatic heterocycles. The van der Waals surface area contributed by atoms with Crippen molar-refractivity contribution in [1.29, 1.82) is 0 Å². The predicted octanol–water partition coefficient (Wildman–Crippen LogP) is 2.26. The van der Waals surface area contributed by atoms with Gasteiger partial charge in [0.05, 0.1) is 12.3 Å². The van der Waals surface area contributed by atoms with Crippen molar-refractivity contribution in [2.24, 2.45) is 5.92 Å². The van der Waals surface area contributed by atoms with Crippen LogP contribution in [0.4, 0.5) is 18.0 Å². The third-order valence-electron chi connectivity index (χ3n) is 5.14. The summed E-state index contributed by atoms with van der Waals surface area (Å²) in [5.41, 5.74) is 0. The quantitative estimate of drug-likeness (QED) is 0.667. The number of piperidine rings is 1. The number of aliphatic carboxylic acids is 1. The third-order valence-corrected chi connectivity index (χ3v) is 5.14. The molecule has 3 N–H and O–H groups in total. The second-order valence-corrected chi connectivity index (χ2v) is 7.30. The van der Waals surface area contributed by atoms with Gasteiger partial charge in [-0.1, -0.05) is 0 Å². The van der Waals surface area contributed by atoms with Gasteiger partial charge >= 0.3 is 18.2 Å². The number of hydrogen-bond acceptors (Lipinski definition) is 3. The Morgan fingerprint density at radius 3 is 2.22 bits per heavy atom. The van der Waals surface area contributed by atoms with Crippen molar-refractivity contribution in [3.05, 3.63) is 0 Å². The van der Waals surface area contributed by atoms with Crippen molar-refractivity contribution in [3.63, 3.8) is 0 Å². The Bertz CT molecular complexity index is 548. The maximum absolute atomic E-state index is 12.3. The molecule has 3 amide bonds. The minimum atomic E-state index is -4.36. The van der Waals surface area contributed by atoms with E-state index in [1.165, 1.54) is 4.90 Å². The second kappa shape index (κ2) is 9.27. The number of halogens is 3. The monoisotopic (exact) mass is 393 g/mol. The van der Waals surface area contributed by atoms with E-state index < -0.39 is 30.9 Å². The zero-order valence-electron chi connectivity index (χ0n) is 15.1. The molecule has 0 bridgehead atoms. The average Bonchev–Trinajstić information content (AvgIpc) is 2.59. The molecule has 0 aromatic carbocycles. The highest BCUT2D eigenvalue weighted by molar-refractivity contribution is 5.77. The molecular weight excluding hydrogens is 367 g/mol. The fourth-order valence-electron chi connectivity index (χ4n) is 3.63. The van der Waals surface area contributed by atoms with E-state index in [0.29, 0.717) is 45.1 Å². The lowest BCUT2D eigenvalue weighted by Gasteiger charge is -2.34. The molecule has 10 heteroatoms. The number of carbonyl (C=O) groups is 3. The zero-order valence-corrected chi connectivity index (χ0v) is 15.1. The van der Waals surface area contributed by atoms with Gasteiger partial charge in [-0.15, -0.1) is 0 Å². The molecule has 0 unspecified atom stereocenters. The molecule has 1 aliphatic carbocycles. The van der Waals surface area contributed by atoms with Gasteiger partial charge in [0.15, 0.2) is 0 Å². The number of nitrogens with zero attached hydrogens (tertiary/aromatic N) is 1. The number of carboxylic acid groups (broad SMARTS) is 1. The van der Waals surface area contributed by atoms with Crippen molar-refractivity contribution in [2.45, 2.75) is 69.6 Å². The number of carbonyl (C=O) groups excluding carboxylic acids is 2. The van der Waals surface area contributed by atoms with Crippen LogP contribution in [-0.4, -0.2) is 59.3 Å². The van der Waals surface area contributed by atoms with E-state index in [9.17, 15) is 27.6 Å². The number of urea groups is 1. The molecule has 154 valence electrons. The molecule has 7 nitrogen and oxygen atoms in total. The minimum Gasteiger partial charge on any atom is -0.481 e. The first kappa shape index (κ1) is 21.3. The van der Waals surface area contributed by atoms with Gasteiger partial charge in [-0.2, -0.15) is 13.2 Å². The van der Waals surface area contributed by atoms with Gasteiger partial charge in [-0.05, 0) is 38.5 Å². The summed E-state index contributed by atoms with van der Waals surface area (Å²) < 4.78 is 36.8. The van der Waals surface area contributed by atoms with Crippen LogP contribution in [0.3, 0.4) is 0 Å². The summed E-state index contributed by atoms with van der Waals surface area (Å²) in [6, 6.07) is -0.777. The van der Waals surface area contributed by atoms with Gasteiger partial charge in [0.2, 0.25) is 5.91 Å². The van der Waals surface area contributed by atoms with Crippen LogP contribution in [0.5, 0.6) is 0 Å². The molecular formula is C17H26F3N3O4. The lowest BCUT2D eigenvalue weighted by Crippen LogP contribution is -2.53. The SMILES string of the molecule is O=C(NC1CCC(C(=O)O)CC1)N[C@@H]1CCCN(C(=O)CCC(F)(F)F)C1. The number of carboxylic acids is 1. The van der Waals surface area contributed by atoms with Gasteiger partial charge in [0, 0.05) is 31.6 Å². The number of amides is 3. The molecule has 27 heavy (non-hydrogen) atoms. The summed E-state index contributed by atoms with van der Waals surface area (Å²) in [5.74, 6) is -1.72. The van der Waals surface area contributed by atoms with Crippen LogP contribution in [0.15, 0.2) is 0 Å². The molecule has 0 spiro atoms. The molecule has 1 heterocycles. The minimum absolute atomic E-state index is 0.0892. The first-order valence-corrected chi connectivity index (χ1v) is 9.28. The number of hydrogen-bond donors (Lipinski definition) is 3. The smallest absolute Gasteiger partial charge is 0.389 e. The van der Waals surface area contributed by atoms with Gasteiger partial charge in [-0.3, -0.25) is 9.59 Å². The Hall–Kier alpha value is -2.00. The Kier molecular flexibility index (Phi) is 7.32. The topological polar surface area (TPSA) is 98.7 Å². The van der Waals surface area contributed by atoms with E-state index >= 15 is 0 Å². The van der Waals surface area contributed by atoms with Crippen LogP contribution in [-0.2, 0) is 9.59 Å². The molecule has 1 aliphatic heterocycles. The lowest BCUT2D eigenvalue weighted by atomic mass is 9.86. The summed E-state index contributed by atoms with van der Waals surface area (Å²) in [5, 5.41) is 14.6. The molecule has 0 aromatic rings. The third kappa shape index (κ3) is 7.26. The summed E-state index contributed by atoms with van der Waals surface area (Å²) in [6.07, 6.45) is -2.57. The fourth-order valence-corrected chi connectivity index (χ4v) is 3.63. The summed E-state index contributed by atoms with van der Waals surface area (Å²) >= 11 is 0. The largest absolute Gasteiger partial charge is 0.481 e. The van der Waals surface area contributed by atoms with E-state index in [-0.39, 0.29) is 30.6 Å². The Morgan fingerprint density at radius 1 is 1.00 bits per heavy atom. The molecule has 0 radical (unpaired) electrons. The molecule has 2 aliphatic rings. The molecule has 2 fully saturated rings. The molecule has 1 saturated carbocycles. The van der Waals surface area contributed by atoms with E-state index in [4.69, 9.17) is 5.11 Å². The summed E-state index contributed by atoms with van der Waals surface area (Å²) in [7, 11) is 0. The zero-order chi connectivity index (χ0) is 20.0. The summed E-state index contributed by atoms with van der Waals surface area (Å²) in [6.45, 7) is 0.603. The molecule has 2 rings (SSSR count). The van der Waals surface area contributed by atoms with Gasteiger partial charge < -0.3 is 20.6 Å². The average molecular weight is 393 g/mol. The second-order valence-electron chi connectivity index (χ2n) is 7.30. The van der Waals surface area contributed by atoms with Crippen molar-refractivity contribution in [2.75, 3.05) is 13.1 Å². The first-order valence-electron chi connectivity index (χ1n) is 9.28. The van der Waals surface area contributed by atoms with Crippen molar-refractivity contribution < 1.29 is 32.7 Å². The first-order chi connectivity index (χ1) is 12.6. The van der Waals surface area contributed by atoms with Crippen LogP contribution >= 0.6 is 0 Å². The lowest BCUT2D eigenvalue weighted by molar-refractivity contribution is -0.149. The van der Waals surface area contributed by atoms with Crippen molar-refractivity contribution in [3.8, 4) is 0 Å². The van der Waals surface area contributed by atoms with Gasteiger partial charge in [0.1, 0.15) is 0 Å². The van der Waals surface area contributed by atoms with E-state index in [1.54, 1.807) is 0 Å². The highest BCUT2D eigenvalue weighted by Gasteiger charge is 2.31. The Balaban J connectivity index is 1.72. The number of alkyl halides is 3. The summed E-state index contributed by atoms with van der Waals surface area (Å²) in [4.78, 5) is 36.4. The Morgan fingerprint density at radius 2 is 1.63 bits per heavy atom. The van der Waals surface area contributed by atoms with Gasteiger partial charge in [0.25, 0.3) is 0 Å². The van der Waals surface area contributed by atoms with Gasteiger partial charge in [-0.25, -0.2) is 4.79 Å². The van der Waals surface area contributed by atoms with E-state index in [1.807, 2.05) is 0 Å². The maximum Gasteiger partial charge on any atom is 0.389 e. The number of rotatable bonds is 5. The standard InChI is InChI=1S/C17H26F3N3O4/c18-17(19,20)8-7-14(24)23-9-1-2-13(10-23)22-16(27)21-12-5-3-11(4-6-12)15(25)26/h11-13H,1-10H2,(H,25,26)(H2,21,22,27)/t11?,12?,13-/m1/s1. The van der Waals surface area contributed by atoms with Crippen LogP contribution in [0.1, 0.15) is 51.4 Å². The fraction of sp³-hybridized carbons (Fsp3) is 0.824. The predicted molar refractivity (Wildman–Crippen MR) is 89.9 cm³/mol.